The summed E-state index contributed by atoms with van der Waals surface area (Å²) in [7, 11) is 0. The lowest BCUT2D eigenvalue weighted by atomic mass is 9.66. The molecule has 1 aromatic rings. The van der Waals surface area contributed by atoms with E-state index in [0.29, 0.717) is 36.8 Å². The lowest BCUT2D eigenvalue weighted by molar-refractivity contribution is -0.162. The smallest absolute Gasteiger partial charge is 0.318 e. The highest BCUT2D eigenvalue weighted by molar-refractivity contribution is 5.92. The van der Waals surface area contributed by atoms with Crippen LogP contribution in [0.4, 0.5) is 0 Å². The molecule has 170 valence electrons. The second-order valence-electron chi connectivity index (χ2n) is 8.93. The second-order valence-corrected chi connectivity index (χ2v) is 8.93. The number of carbonyl (C=O) groups is 3. The largest absolute Gasteiger partial charge is 0.467 e. The van der Waals surface area contributed by atoms with Crippen LogP contribution in [0, 0.1) is 17.3 Å². The first-order valence-corrected chi connectivity index (χ1v) is 11.4. The van der Waals surface area contributed by atoms with E-state index in [1.807, 2.05) is 12.1 Å². The molecule has 0 spiro atoms. The molecule has 0 saturated carbocycles. The Labute approximate surface area is 184 Å². The Hall–Kier alpha value is -2.57. The van der Waals surface area contributed by atoms with Gasteiger partial charge in [-0.15, -0.1) is 0 Å². The molecule has 7 heteroatoms. The number of amides is 2. The summed E-state index contributed by atoms with van der Waals surface area (Å²) in [5.74, 6) is -0.0403. The number of fused-ring (bicyclic) bond motifs is 1. The SMILES string of the molecule is CCOC(=O)[C@]12CCCC=C1N(Cc1ccco1)C(=O)[C@H](CC(=O)NCCC(C)C)C2. The van der Waals surface area contributed by atoms with E-state index in [2.05, 4.69) is 19.2 Å². The molecular formula is C24H34N2O5. The van der Waals surface area contributed by atoms with Crippen molar-refractivity contribution >= 4 is 17.8 Å². The quantitative estimate of drug-likeness (QED) is 0.602. The van der Waals surface area contributed by atoms with Crippen molar-refractivity contribution in [3.05, 3.63) is 35.9 Å². The Morgan fingerprint density at radius 3 is 2.87 bits per heavy atom. The topological polar surface area (TPSA) is 88.8 Å². The van der Waals surface area contributed by atoms with Crippen molar-refractivity contribution in [3.63, 3.8) is 0 Å². The van der Waals surface area contributed by atoms with E-state index in [0.717, 1.165) is 19.3 Å². The summed E-state index contributed by atoms with van der Waals surface area (Å²) in [5, 5.41) is 2.92. The van der Waals surface area contributed by atoms with Gasteiger partial charge in [0.05, 0.1) is 19.4 Å². The van der Waals surface area contributed by atoms with Crippen molar-refractivity contribution in [2.75, 3.05) is 13.2 Å². The van der Waals surface area contributed by atoms with E-state index >= 15 is 0 Å². The van der Waals surface area contributed by atoms with Gasteiger partial charge in [0.25, 0.3) is 0 Å². The van der Waals surface area contributed by atoms with E-state index < -0.39 is 11.3 Å². The third-order valence-electron chi connectivity index (χ3n) is 6.17. The second kappa shape index (κ2) is 10.2. The van der Waals surface area contributed by atoms with Crippen LogP contribution in [0.15, 0.2) is 34.6 Å². The molecule has 1 aromatic heterocycles. The number of allylic oxidation sites excluding steroid dienone is 1. The van der Waals surface area contributed by atoms with Gasteiger partial charge in [0.2, 0.25) is 11.8 Å². The molecule has 1 saturated heterocycles. The molecule has 2 amide bonds. The number of rotatable bonds is 9. The zero-order valence-electron chi connectivity index (χ0n) is 18.8. The third-order valence-corrected chi connectivity index (χ3v) is 6.17. The summed E-state index contributed by atoms with van der Waals surface area (Å²) in [6, 6.07) is 3.59. The number of esters is 1. The van der Waals surface area contributed by atoms with Crippen LogP contribution in [0.5, 0.6) is 0 Å². The monoisotopic (exact) mass is 430 g/mol. The van der Waals surface area contributed by atoms with Gasteiger partial charge in [-0.25, -0.2) is 0 Å². The first kappa shape index (κ1) is 23.1. The molecule has 2 heterocycles. The Morgan fingerprint density at radius 1 is 1.39 bits per heavy atom. The maximum Gasteiger partial charge on any atom is 0.318 e. The zero-order chi connectivity index (χ0) is 22.4. The van der Waals surface area contributed by atoms with Crippen LogP contribution < -0.4 is 5.32 Å². The maximum atomic E-state index is 13.5. The van der Waals surface area contributed by atoms with Crippen LogP contribution in [0.2, 0.25) is 0 Å². The van der Waals surface area contributed by atoms with E-state index in [4.69, 9.17) is 9.15 Å². The lowest BCUT2D eigenvalue weighted by Gasteiger charge is -2.47. The standard InChI is InChI=1S/C24H34N2O5/c1-4-30-23(29)24-11-6-5-9-20(24)26(16-19-8-7-13-31-19)22(28)18(15-24)14-21(27)25-12-10-17(2)3/h7-9,13,17-18H,4-6,10-12,14-16H2,1-3H3,(H,25,27)/t18-,24+/m1/s1. The van der Waals surface area contributed by atoms with Gasteiger partial charge < -0.3 is 19.4 Å². The van der Waals surface area contributed by atoms with E-state index in [1.54, 1.807) is 24.2 Å². The van der Waals surface area contributed by atoms with Gasteiger partial charge in [0.15, 0.2) is 0 Å². The van der Waals surface area contributed by atoms with Gasteiger partial charge in [-0.3, -0.25) is 14.4 Å². The average molecular weight is 431 g/mol. The predicted octanol–water partition coefficient (Wildman–Crippen LogP) is 3.80. The molecular weight excluding hydrogens is 396 g/mol. The van der Waals surface area contributed by atoms with Crippen LogP contribution in [-0.2, 0) is 25.7 Å². The van der Waals surface area contributed by atoms with Gasteiger partial charge in [-0.05, 0) is 57.1 Å². The number of hydrogen-bond acceptors (Lipinski definition) is 5. The molecule has 0 radical (unpaired) electrons. The number of nitrogens with zero attached hydrogens (tertiary/aromatic N) is 1. The number of likely N-dealkylation sites (tertiary alicyclic amines) is 1. The molecule has 7 nitrogen and oxygen atoms in total. The highest BCUT2D eigenvalue weighted by Gasteiger charge is 2.54. The lowest BCUT2D eigenvalue weighted by Crippen LogP contribution is -2.54. The summed E-state index contributed by atoms with van der Waals surface area (Å²) in [6.45, 7) is 7.09. The maximum absolute atomic E-state index is 13.5. The number of nitrogens with one attached hydrogen (secondary N) is 1. The Bertz CT molecular complexity index is 814. The van der Waals surface area contributed by atoms with Crippen LogP contribution in [0.3, 0.4) is 0 Å². The molecule has 3 rings (SSSR count). The molecule has 2 atom stereocenters. The number of ether oxygens (including phenoxy) is 1. The molecule has 0 unspecified atom stereocenters. The zero-order valence-corrected chi connectivity index (χ0v) is 18.8. The molecule has 31 heavy (non-hydrogen) atoms. The van der Waals surface area contributed by atoms with Crippen molar-refractivity contribution in [2.45, 2.75) is 65.8 Å². The Morgan fingerprint density at radius 2 is 2.19 bits per heavy atom. The summed E-state index contributed by atoms with van der Waals surface area (Å²) in [6.07, 6.45) is 7.08. The average Bonchev–Trinajstić information content (AvgIpc) is 3.24. The third kappa shape index (κ3) is 5.20. The molecule has 0 bridgehead atoms. The number of piperidine rings is 1. The van der Waals surface area contributed by atoms with Crippen LogP contribution in [0.1, 0.15) is 65.1 Å². The van der Waals surface area contributed by atoms with E-state index in [-0.39, 0.29) is 37.4 Å². The highest BCUT2D eigenvalue weighted by atomic mass is 16.5. The first-order chi connectivity index (χ1) is 14.9. The number of hydrogen-bond donors (Lipinski definition) is 1. The van der Waals surface area contributed by atoms with Crippen molar-refractivity contribution < 1.29 is 23.5 Å². The van der Waals surface area contributed by atoms with Gasteiger partial charge in [0.1, 0.15) is 11.2 Å². The molecule has 0 aromatic carbocycles. The van der Waals surface area contributed by atoms with E-state index in [1.165, 1.54) is 0 Å². The predicted molar refractivity (Wildman–Crippen MR) is 115 cm³/mol. The van der Waals surface area contributed by atoms with Gasteiger partial charge in [-0.2, -0.15) is 0 Å². The summed E-state index contributed by atoms with van der Waals surface area (Å²) < 4.78 is 10.9. The molecule has 1 fully saturated rings. The normalized spacial score (nSPS) is 23.4. The minimum atomic E-state index is -0.891. The highest BCUT2D eigenvalue weighted by Crippen LogP contribution is 2.50. The molecule has 2 aliphatic rings. The minimum absolute atomic E-state index is 0.0695. The minimum Gasteiger partial charge on any atom is -0.467 e. The molecule has 1 aliphatic heterocycles. The van der Waals surface area contributed by atoms with Crippen molar-refractivity contribution in [1.82, 2.24) is 10.2 Å². The van der Waals surface area contributed by atoms with Gasteiger partial charge in [0, 0.05) is 24.6 Å². The summed E-state index contributed by atoms with van der Waals surface area (Å²) in [5.41, 5.74) is -0.187. The fourth-order valence-electron chi connectivity index (χ4n) is 4.62. The Kier molecular flexibility index (Phi) is 7.57. The fraction of sp³-hybridized carbons (Fsp3) is 0.625. The van der Waals surface area contributed by atoms with E-state index in [9.17, 15) is 14.4 Å². The Balaban J connectivity index is 1.87. The molecule has 1 aliphatic carbocycles. The van der Waals surface area contributed by atoms with Gasteiger partial charge in [-0.1, -0.05) is 19.9 Å². The van der Waals surface area contributed by atoms with Crippen molar-refractivity contribution in [2.24, 2.45) is 17.3 Å². The van der Waals surface area contributed by atoms with Crippen molar-refractivity contribution in [3.8, 4) is 0 Å². The summed E-state index contributed by atoms with van der Waals surface area (Å²) in [4.78, 5) is 40.9. The van der Waals surface area contributed by atoms with Crippen LogP contribution in [0.25, 0.3) is 0 Å². The molecule has 1 N–H and O–H groups in total. The first-order valence-electron chi connectivity index (χ1n) is 11.4. The number of furan rings is 1. The number of carbonyl (C=O) groups excluding carboxylic acids is 3. The fourth-order valence-corrected chi connectivity index (χ4v) is 4.62. The van der Waals surface area contributed by atoms with Crippen LogP contribution in [-0.4, -0.2) is 35.8 Å². The van der Waals surface area contributed by atoms with Crippen LogP contribution >= 0.6 is 0 Å². The summed E-state index contributed by atoms with van der Waals surface area (Å²) >= 11 is 0. The van der Waals surface area contributed by atoms with Crippen molar-refractivity contribution in [1.29, 1.82) is 0 Å². The van der Waals surface area contributed by atoms with Gasteiger partial charge >= 0.3 is 5.97 Å².